The van der Waals surface area contributed by atoms with Crippen molar-refractivity contribution in [3.63, 3.8) is 0 Å². The minimum atomic E-state index is -0.287. The van der Waals surface area contributed by atoms with Crippen LogP contribution in [0.4, 0.5) is 0 Å². The third-order valence-electron chi connectivity index (χ3n) is 6.51. The summed E-state index contributed by atoms with van der Waals surface area (Å²) in [5.41, 5.74) is 0.915. The Morgan fingerprint density at radius 2 is 1.89 bits per heavy atom. The lowest BCUT2D eigenvalue weighted by atomic mass is 9.91. The smallest absolute Gasteiger partial charge is 0.161 e. The van der Waals surface area contributed by atoms with Crippen molar-refractivity contribution in [1.29, 1.82) is 0 Å². The van der Waals surface area contributed by atoms with Gasteiger partial charge in [-0.1, -0.05) is 23.7 Å². The molecule has 0 amide bonds. The van der Waals surface area contributed by atoms with E-state index in [1.807, 2.05) is 47.4 Å². The molecule has 0 N–H and O–H groups in total. The number of ether oxygens (including phenoxy) is 4. The Morgan fingerprint density at radius 3 is 2.60 bits per heavy atom. The SMILES string of the molecule is COc1cc(CN2CCC(COc3cccc(Cl)c3)(OC)CC2)ccc1OCCCn1ccnc1. The first-order chi connectivity index (χ1) is 17.1. The maximum atomic E-state index is 6.08. The predicted octanol–water partition coefficient (Wildman–Crippen LogP) is 5.07. The van der Waals surface area contributed by atoms with Crippen LogP contribution in [-0.2, 0) is 17.8 Å². The second-order valence-electron chi connectivity index (χ2n) is 8.90. The Bertz CT molecular complexity index is 1050. The molecule has 1 aliphatic rings. The number of methoxy groups -OCH3 is 2. The summed E-state index contributed by atoms with van der Waals surface area (Å²) in [6.45, 7) is 4.73. The average molecular weight is 500 g/mol. The maximum Gasteiger partial charge on any atom is 0.161 e. The molecular weight excluding hydrogens is 466 g/mol. The molecule has 2 aromatic carbocycles. The van der Waals surface area contributed by atoms with Gasteiger partial charge in [0.05, 0.1) is 20.0 Å². The standard InChI is InChI=1S/C27H34ClN3O4/c1-32-26-17-22(7-8-25(26)34-16-4-12-31-15-11-29-21-31)19-30-13-9-27(33-2,10-14-30)20-35-24-6-3-5-23(28)18-24/h3,5-8,11,15,17-18,21H,4,9-10,12-14,16,19-20H2,1-2H3. The minimum absolute atomic E-state index is 0.287. The molecule has 188 valence electrons. The van der Waals surface area contributed by atoms with Gasteiger partial charge >= 0.3 is 0 Å². The van der Waals surface area contributed by atoms with Crippen LogP contribution in [0, 0.1) is 0 Å². The van der Waals surface area contributed by atoms with Gasteiger partial charge in [-0.05, 0) is 55.2 Å². The number of aryl methyl sites for hydroxylation is 1. The van der Waals surface area contributed by atoms with Crippen molar-refractivity contribution in [2.75, 3.05) is 40.5 Å². The molecule has 0 atom stereocenters. The van der Waals surface area contributed by atoms with Crippen LogP contribution < -0.4 is 14.2 Å². The topological polar surface area (TPSA) is 58.0 Å². The van der Waals surface area contributed by atoms with Gasteiger partial charge in [-0.3, -0.25) is 4.90 Å². The molecule has 4 rings (SSSR count). The molecule has 1 saturated heterocycles. The summed E-state index contributed by atoms with van der Waals surface area (Å²) in [4.78, 5) is 6.50. The van der Waals surface area contributed by atoms with Crippen LogP contribution in [0.5, 0.6) is 17.2 Å². The molecule has 0 saturated carbocycles. The fraction of sp³-hybridized carbons (Fsp3) is 0.444. The van der Waals surface area contributed by atoms with E-state index in [2.05, 4.69) is 22.0 Å². The van der Waals surface area contributed by atoms with Gasteiger partial charge in [-0.25, -0.2) is 4.98 Å². The van der Waals surface area contributed by atoms with E-state index in [9.17, 15) is 0 Å². The average Bonchev–Trinajstić information content (AvgIpc) is 3.41. The molecule has 2 heterocycles. The van der Waals surface area contributed by atoms with Crippen LogP contribution in [0.25, 0.3) is 0 Å². The van der Waals surface area contributed by atoms with Gasteiger partial charge in [0.15, 0.2) is 11.5 Å². The molecule has 8 heteroatoms. The van der Waals surface area contributed by atoms with Gasteiger partial charge in [0.25, 0.3) is 0 Å². The van der Waals surface area contributed by atoms with Crippen molar-refractivity contribution in [2.45, 2.75) is 38.0 Å². The fourth-order valence-electron chi connectivity index (χ4n) is 4.33. The first-order valence-electron chi connectivity index (χ1n) is 12.0. The van der Waals surface area contributed by atoms with Crippen LogP contribution in [0.1, 0.15) is 24.8 Å². The summed E-state index contributed by atoms with van der Waals surface area (Å²) in [5, 5.41) is 0.671. The number of piperidine rings is 1. The van der Waals surface area contributed by atoms with Crippen LogP contribution in [0.3, 0.4) is 0 Å². The van der Waals surface area contributed by atoms with Gasteiger partial charge in [-0.15, -0.1) is 0 Å². The molecule has 0 unspecified atom stereocenters. The number of likely N-dealkylation sites (tertiary alicyclic amines) is 1. The highest BCUT2D eigenvalue weighted by Crippen LogP contribution is 2.31. The summed E-state index contributed by atoms with van der Waals surface area (Å²) in [6.07, 6.45) is 8.27. The van der Waals surface area contributed by atoms with Gasteiger partial charge in [0.2, 0.25) is 0 Å². The van der Waals surface area contributed by atoms with E-state index >= 15 is 0 Å². The van der Waals surface area contributed by atoms with Crippen molar-refractivity contribution in [3.05, 3.63) is 71.8 Å². The van der Waals surface area contributed by atoms with Gasteiger partial charge < -0.3 is 23.5 Å². The highest BCUT2D eigenvalue weighted by atomic mass is 35.5. The Hall–Kier alpha value is -2.74. The second kappa shape index (κ2) is 12.3. The maximum absolute atomic E-state index is 6.08. The second-order valence-corrected chi connectivity index (χ2v) is 9.33. The lowest BCUT2D eigenvalue weighted by Crippen LogP contribution is -2.48. The van der Waals surface area contributed by atoms with Gasteiger partial charge in [0.1, 0.15) is 18.0 Å². The van der Waals surface area contributed by atoms with E-state index in [0.29, 0.717) is 18.2 Å². The van der Waals surface area contributed by atoms with E-state index in [-0.39, 0.29) is 5.60 Å². The Morgan fingerprint density at radius 1 is 1.03 bits per heavy atom. The summed E-state index contributed by atoms with van der Waals surface area (Å²) in [5.74, 6) is 2.31. The number of halogens is 1. The lowest BCUT2D eigenvalue weighted by molar-refractivity contribution is -0.0839. The number of nitrogens with zero attached hydrogens (tertiary/aromatic N) is 3. The van der Waals surface area contributed by atoms with Crippen LogP contribution >= 0.6 is 11.6 Å². The van der Waals surface area contributed by atoms with E-state index < -0.39 is 0 Å². The molecule has 0 spiro atoms. The van der Waals surface area contributed by atoms with Crippen LogP contribution in [0.15, 0.2) is 61.2 Å². The monoisotopic (exact) mass is 499 g/mol. The highest BCUT2D eigenvalue weighted by Gasteiger charge is 2.35. The van der Waals surface area contributed by atoms with E-state index in [1.165, 1.54) is 5.56 Å². The number of aromatic nitrogens is 2. The summed E-state index contributed by atoms with van der Waals surface area (Å²) < 4.78 is 25.6. The number of rotatable bonds is 12. The zero-order valence-corrected chi connectivity index (χ0v) is 21.2. The van der Waals surface area contributed by atoms with Crippen LogP contribution in [0.2, 0.25) is 5.02 Å². The summed E-state index contributed by atoms with van der Waals surface area (Å²) in [7, 11) is 3.46. The zero-order chi connectivity index (χ0) is 24.5. The van der Waals surface area contributed by atoms with Crippen molar-refractivity contribution in [2.24, 2.45) is 0 Å². The first-order valence-corrected chi connectivity index (χ1v) is 12.4. The third kappa shape index (κ3) is 7.13. The van der Waals surface area contributed by atoms with Crippen molar-refractivity contribution < 1.29 is 18.9 Å². The minimum Gasteiger partial charge on any atom is -0.493 e. The normalized spacial score (nSPS) is 15.6. The van der Waals surface area contributed by atoms with E-state index in [1.54, 1.807) is 20.4 Å². The third-order valence-corrected chi connectivity index (χ3v) is 6.74. The molecule has 1 fully saturated rings. The summed E-state index contributed by atoms with van der Waals surface area (Å²) in [6, 6.07) is 13.7. The Labute approximate surface area is 212 Å². The summed E-state index contributed by atoms with van der Waals surface area (Å²) >= 11 is 6.08. The van der Waals surface area contributed by atoms with Crippen molar-refractivity contribution in [1.82, 2.24) is 14.5 Å². The predicted molar refractivity (Wildman–Crippen MR) is 137 cm³/mol. The molecule has 35 heavy (non-hydrogen) atoms. The molecule has 0 bridgehead atoms. The van der Waals surface area contributed by atoms with E-state index in [4.69, 9.17) is 30.5 Å². The number of benzene rings is 2. The number of hydrogen-bond acceptors (Lipinski definition) is 6. The van der Waals surface area contributed by atoms with Gasteiger partial charge in [0, 0.05) is 50.7 Å². The molecule has 3 aromatic rings. The van der Waals surface area contributed by atoms with Gasteiger partial charge in [-0.2, -0.15) is 0 Å². The number of hydrogen-bond donors (Lipinski definition) is 0. The molecule has 1 aromatic heterocycles. The molecule has 1 aliphatic heterocycles. The lowest BCUT2D eigenvalue weighted by Gasteiger charge is -2.40. The Balaban J connectivity index is 1.26. The Kier molecular flexibility index (Phi) is 8.90. The zero-order valence-electron chi connectivity index (χ0n) is 20.5. The molecular formula is C27H34ClN3O4. The molecule has 0 aliphatic carbocycles. The van der Waals surface area contributed by atoms with Crippen molar-refractivity contribution in [3.8, 4) is 17.2 Å². The first kappa shape index (κ1) is 25.4. The molecule has 0 radical (unpaired) electrons. The fourth-order valence-corrected chi connectivity index (χ4v) is 4.51. The quantitative estimate of drug-likeness (QED) is 0.324. The highest BCUT2D eigenvalue weighted by molar-refractivity contribution is 6.30. The van der Waals surface area contributed by atoms with Crippen LogP contribution in [-0.4, -0.2) is 60.6 Å². The molecule has 7 nitrogen and oxygen atoms in total. The largest absolute Gasteiger partial charge is 0.493 e. The van der Waals surface area contributed by atoms with E-state index in [0.717, 1.165) is 62.7 Å². The van der Waals surface area contributed by atoms with Crippen molar-refractivity contribution >= 4 is 11.6 Å². The number of imidazole rings is 1.